The van der Waals surface area contributed by atoms with Crippen molar-refractivity contribution < 1.29 is 13.5 Å². The average Bonchev–Trinajstić information content (AvgIpc) is 2.76. The lowest BCUT2D eigenvalue weighted by molar-refractivity contribution is 0.266. The summed E-state index contributed by atoms with van der Waals surface area (Å²) < 4.78 is 22.6. The second-order valence-electron chi connectivity index (χ2n) is 4.30. The Hall–Kier alpha value is -1.14. The molecule has 0 unspecified atom stereocenters. The molecule has 0 aromatic carbocycles. The maximum absolute atomic E-state index is 11.3. The summed E-state index contributed by atoms with van der Waals surface area (Å²) in [6, 6.07) is 3.36. The predicted molar refractivity (Wildman–Crippen MR) is 64.8 cm³/mol. The predicted octanol–water partition coefficient (Wildman–Crippen LogP) is 0.446. The second kappa shape index (κ2) is 4.62. The molecular weight excluding hydrogens is 240 g/mol. The summed E-state index contributed by atoms with van der Waals surface area (Å²) in [5.41, 5.74) is 0. The van der Waals surface area contributed by atoms with E-state index in [2.05, 4.69) is 4.98 Å². The van der Waals surface area contributed by atoms with Crippen LogP contribution in [0.2, 0.25) is 0 Å². The second-order valence-corrected chi connectivity index (χ2v) is 6.31. The monoisotopic (exact) mass is 256 g/mol. The Kier molecular flexibility index (Phi) is 3.35. The van der Waals surface area contributed by atoms with Gasteiger partial charge in [-0.3, -0.25) is 0 Å². The topological polar surface area (TPSA) is 70.5 Å². The molecule has 1 aromatic rings. The molecule has 0 aliphatic carbocycles. The van der Waals surface area contributed by atoms with E-state index in [0.29, 0.717) is 0 Å². The summed E-state index contributed by atoms with van der Waals surface area (Å²) in [6.45, 7) is 0.964. The number of hydrogen-bond donors (Lipinski definition) is 1. The van der Waals surface area contributed by atoms with Gasteiger partial charge in [-0.1, -0.05) is 0 Å². The lowest BCUT2D eigenvalue weighted by Crippen LogP contribution is -2.32. The van der Waals surface area contributed by atoms with E-state index in [1.165, 1.54) is 6.20 Å². The highest BCUT2D eigenvalue weighted by molar-refractivity contribution is 7.90. The number of aromatic nitrogens is 1. The Morgan fingerprint density at radius 3 is 2.82 bits per heavy atom. The lowest BCUT2D eigenvalue weighted by Gasteiger charge is -2.23. The molecule has 1 aromatic heterocycles. The summed E-state index contributed by atoms with van der Waals surface area (Å²) in [4.78, 5) is 6.40. The molecule has 1 N–H and O–H groups in total. The third-order valence-electron chi connectivity index (χ3n) is 3.03. The van der Waals surface area contributed by atoms with E-state index in [-0.39, 0.29) is 17.5 Å². The van der Waals surface area contributed by atoms with Crippen LogP contribution in [0.1, 0.15) is 12.8 Å². The van der Waals surface area contributed by atoms with Crippen LogP contribution in [0.3, 0.4) is 0 Å². The van der Waals surface area contributed by atoms with Crippen molar-refractivity contribution in [3.8, 4) is 0 Å². The van der Waals surface area contributed by atoms with Crippen LogP contribution in [0, 0.1) is 0 Å². The van der Waals surface area contributed by atoms with E-state index in [0.717, 1.165) is 31.5 Å². The Labute approximate surface area is 101 Å². The first-order valence-electron chi connectivity index (χ1n) is 5.56. The molecule has 0 spiro atoms. The zero-order valence-electron chi connectivity index (χ0n) is 9.70. The van der Waals surface area contributed by atoms with Crippen LogP contribution in [0.5, 0.6) is 0 Å². The molecule has 0 radical (unpaired) electrons. The first-order chi connectivity index (χ1) is 8.02. The van der Waals surface area contributed by atoms with Gasteiger partial charge < -0.3 is 10.0 Å². The van der Waals surface area contributed by atoms with Crippen molar-refractivity contribution in [2.45, 2.75) is 23.8 Å². The molecule has 1 aliphatic rings. The minimum absolute atomic E-state index is 0.103. The Bertz CT molecular complexity index is 484. The smallest absolute Gasteiger partial charge is 0.177 e. The van der Waals surface area contributed by atoms with Crippen LogP contribution in [0.15, 0.2) is 23.2 Å². The highest BCUT2D eigenvalue weighted by Gasteiger charge is 2.24. The minimum atomic E-state index is -3.19. The van der Waals surface area contributed by atoms with Gasteiger partial charge in [0.1, 0.15) is 5.82 Å². The molecule has 6 heteroatoms. The van der Waals surface area contributed by atoms with Crippen LogP contribution in [-0.2, 0) is 9.84 Å². The third kappa shape index (κ3) is 2.58. The number of hydrogen-bond acceptors (Lipinski definition) is 5. The van der Waals surface area contributed by atoms with Gasteiger partial charge in [0.05, 0.1) is 17.5 Å². The van der Waals surface area contributed by atoms with Gasteiger partial charge in [0, 0.05) is 19.0 Å². The van der Waals surface area contributed by atoms with E-state index in [9.17, 15) is 13.5 Å². The molecule has 1 aliphatic heterocycles. The number of anilines is 1. The molecule has 1 atom stereocenters. The van der Waals surface area contributed by atoms with E-state index >= 15 is 0 Å². The molecule has 94 valence electrons. The summed E-state index contributed by atoms with van der Waals surface area (Å²) in [6.07, 6.45) is 4.51. The maximum Gasteiger partial charge on any atom is 0.177 e. The molecule has 2 rings (SSSR count). The Morgan fingerprint density at radius 2 is 2.29 bits per heavy atom. The first-order valence-corrected chi connectivity index (χ1v) is 7.45. The fraction of sp³-hybridized carbons (Fsp3) is 0.545. The molecule has 2 heterocycles. The van der Waals surface area contributed by atoms with Crippen molar-refractivity contribution in [3.63, 3.8) is 0 Å². The zero-order chi connectivity index (χ0) is 12.5. The lowest BCUT2D eigenvalue weighted by atomic mass is 10.2. The van der Waals surface area contributed by atoms with Gasteiger partial charge in [-0.05, 0) is 25.0 Å². The Balaban J connectivity index is 2.24. The van der Waals surface area contributed by atoms with Crippen LogP contribution in [0.25, 0.3) is 0 Å². The third-order valence-corrected chi connectivity index (χ3v) is 4.13. The van der Waals surface area contributed by atoms with E-state index in [1.54, 1.807) is 12.1 Å². The van der Waals surface area contributed by atoms with Crippen molar-refractivity contribution in [2.75, 3.05) is 24.3 Å². The van der Waals surface area contributed by atoms with Gasteiger partial charge in [0.15, 0.2) is 9.84 Å². The van der Waals surface area contributed by atoms with Gasteiger partial charge in [0.25, 0.3) is 0 Å². The van der Waals surface area contributed by atoms with Crippen molar-refractivity contribution in [1.29, 1.82) is 0 Å². The first kappa shape index (κ1) is 12.3. The molecule has 1 saturated heterocycles. The van der Waals surface area contributed by atoms with Crippen LogP contribution >= 0.6 is 0 Å². The molecule has 17 heavy (non-hydrogen) atoms. The quantitative estimate of drug-likeness (QED) is 0.850. The van der Waals surface area contributed by atoms with Crippen LogP contribution < -0.4 is 4.90 Å². The largest absolute Gasteiger partial charge is 0.394 e. The fourth-order valence-corrected chi connectivity index (χ4v) is 2.65. The van der Waals surface area contributed by atoms with Crippen molar-refractivity contribution in [1.82, 2.24) is 4.98 Å². The van der Waals surface area contributed by atoms with Crippen LogP contribution in [0.4, 0.5) is 5.82 Å². The number of nitrogens with zero attached hydrogens (tertiary/aromatic N) is 2. The Morgan fingerprint density at radius 1 is 1.53 bits per heavy atom. The molecule has 0 bridgehead atoms. The molecule has 0 saturated carbocycles. The fourth-order valence-electron chi connectivity index (χ4n) is 2.09. The van der Waals surface area contributed by atoms with Crippen molar-refractivity contribution >= 4 is 15.7 Å². The van der Waals surface area contributed by atoms with Crippen molar-refractivity contribution in [2.24, 2.45) is 0 Å². The maximum atomic E-state index is 11.3. The number of sulfone groups is 1. The van der Waals surface area contributed by atoms with Crippen molar-refractivity contribution in [3.05, 3.63) is 18.3 Å². The SMILES string of the molecule is CS(=O)(=O)c1ccc(N2CCC[C@H]2CO)nc1. The van der Waals surface area contributed by atoms with E-state index < -0.39 is 9.84 Å². The van der Waals surface area contributed by atoms with Gasteiger partial charge in [-0.25, -0.2) is 13.4 Å². The molecule has 0 amide bonds. The zero-order valence-corrected chi connectivity index (χ0v) is 10.5. The van der Waals surface area contributed by atoms with E-state index in [4.69, 9.17) is 0 Å². The average molecular weight is 256 g/mol. The summed E-state index contributed by atoms with van der Waals surface area (Å²) in [7, 11) is -3.19. The molecule has 1 fully saturated rings. The van der Waals surface area contributed by atoms with Gasteiger partial charge >= 0.3 is 0 Å². The normalized spacial score (nSPS) is 20.8. The minimum Gasteiger partial charge on any atom is -0.394 e. The van der Waals surface area contributed by atoms with Gasteiger partial charge in [-0.15, -0.1) is 0 Å². The van der Waals surface area contributed by atoms with Gasteiger partial charge in [-0.2, -0.15) is 0 Å². The highest BCUT2D eigenvalue weighted by atomic mass is 32.2. The summed E-state index contributed by atoms with van der Waals surface area (Å²) >= 11 is 0. The summed E-state index contributed by atoms with van der Waals surface area (Å²) in [5.74, 6) is 0.731. The standard InChI is InChI=1S/C11H16N2O3S/c1-17(15,16)10-4-5-11(12-7-10)13-6-2-3-9(13)8-14/h4-5,7,9,14H,2-3,6,8H2,1H3/t9-/m0/s1. The van der Waals surface area contributed by atoms with E-state index in [1.807, 2.05) is 4.90 Å². The molecular formula is C11H16N2O3S. The number of aliphatic hydroxyl groups excluding tert-OH is 1. The van der Waals surface area contributed by atoms with Crippen LogP contribution in [-0.4, -0.2) is 44.0 Å². The molecule has 5 nitrogen and oxygen atoms in total. The summed E-state index contributed by atoms with van der Waals surface area (Å²) in [5, 5.41) is 9.22. The highest BCUT2D eigenvalue weighted by Crippen LogP contribution is 2.24. The van der Waals surface area contributed by atoms with Gasteiger partial charge in [0.2, 0.25) is 0 Å². The number of rotatable bonds is 3. The number of aliphatic hydroxyl groups is 1. The number of pyridine rings is 1.